The molecule has 0 heterocycles. The van der Waals surface area contributed by atoms with E-state index in [0.29, 0.717) is 0 Å². The van der Waals surface area contributed by atoms with Crippen molar-refractivity contribution < 1.29 is 5.11 Å². The molecular weight excluding hydrogens is 206 g/mol. The topological polar surface area (TPSA) is 32.3 Å². The van der Waals surface area contributed by atoms with Crippen LogP contribution in [0.4, 0.5) is 0 Å². The van der Waals surface area contributed by atoms with Crippen molar-refractivity contribution in [2.24, 2.45) is 0 Å². The van der Waals surface area contributed by atoms with E-state index in [1.54, 1.807) is 0 Å². The van der Waals surface area contributed by atoms with Gasteiger partial charge < -0.3 is 10.4 Å². The van der Waals surface area contributed by atoms with Crippen molar-refractivity contribution in [1.29, 1.82) is 0 Å². The number of likely N-dealkylation sites (N-methyl/N-ethyl adjacent to an activating group) is 1. The molecule has 15 heavy (non-hydrogen) atoms. The highest BCUT2D eigenvalue weighted by molar-refractivity contribution is 7.99. The first-order valence-corrected chi connectivity index (χ1v) is 7.04. The van der Waals surface area contributed by atoms with Crippen LogP contribution in [0.5, 0.6) is 0 Å². The second-order valence-electron chi connectivity index (χ2n) is 4.52. The number of hydrogen-bond acceptors (Lipinski definition) is 3. The normalized spacial score (nSPS) is 17.4. The van der Waals surface area contributed by atoms with Gasteiger partial charge in [-0.1, -0.05) is 20.3 Å². The monoisotopic (exact) mass is 233 g/mol. The van der Waals surface area contributed by atoms with Crippen molar-refractivity contribution >= 4 is 11.8 Å². The van der Waals surface area contributed by atoms with E-state index in [-0.39, 0.29) is 12.1 Å². The Morgan fingerprint density at radius 3 is 2.53 bits per heavy atom. The molecule has 0 aliphatic rings. The van der Waals surface area contributed by atoms with Gasteiger partial charge in [-0.05, 0) is 39.0 Å². The maximum atomic E-state index is 9.20. The Bertz CT molecular complexity index is 149. The largest absolute Gasteiger partial charge is 0.394 e. The average molecular weight is 233 g/mol. The van der Waals surface area contributed by atoms with Crippen molar-refractivity contribution in [2.75, 3.05) is 19.4 Å². The minimum Gasteiger partial charge on any atom is -0.394 e. The number of thioether (sulfide) groups is 1. The predicted molar refractivity (Wildman–Crippen MR) is 70.6 cm³/mol. The third kappa shape index (κ3) is 7.20. The molecule has 0 bridgehead atoms. The van der Waals surface area contributed by atoms with Crippen LogP contribution in [0.15, 0.2) is 0 Å². The van der Waals surface area contributed by atoms with Crippen molar-refractivity contribution in [3.63, 3.8) is 0 Å². The van der Waals surface area contributed by atoms with E-state index in [2.05, 4.69) is 37.8 Å². The second-order valence-corrected chi connectivity index (χ2v) is 6.06. The van der Waals surface area contributed by atoms with Gasteiger partial charge in [-0.15, -0.1) is 0 Å². The molecule has 0 aromatic heterocycles. The van der Waals surface area contributed by atoms with E-state index >= 15 is 0 Å². The van der Waals surface area contributed by atoms with Crippen LogP contribution in [-0.4, -0.2) is 35.3 Å². The van der Waals surface area contributed by atoms with Gasteiger partial charge in [0.05, 0.1) is 6.61 Å². The summed E-state index contributed by atoms with van der Waals surface area (Å²) in [4.78, 5) is 0. The van der Waals surface area contributed by atoms with Gasteiger partial charge in [-0.2, -0.15) is 11.8 Å². The van der Waals surface area contributed by atoms with Crippen LogP contribution in [0.1, 0.15) is 46.5 Å². The van der Waals surface area contributed by atoms with Gasteiger partial charge in [0.1, 0.15) is 0 Å². The van der Waals surface area contributed by atoms with Gasteiger partial charge in [-0.25, -0.2) is 0 Å². The summed E-state index contributed by atoms with van der Waals surface area (Å²) in [5, 5.41) is 13.2. The van der Waals surface area contributed by atoms with Gasteiger partial charge in [0.25, 0.3) is 0 Å². The maximum Gasteiger partial charge on any atom is 0.0610 e. The van der Waals surface area contributed by atoms with E-state index in [1.807, 2.05) is 7.05 Å². The van der Waals surface area contributed by atoms with E-state index in [0.717, 1.165) is 11.7 Å². The fraction of sp³-hybridized carbons (Fsp3) is 1.00. The Balaban J connectivity index is 3.45. The number of rotatable bonds is 9. The molecule has 0 amide bonds. The zero-order valence-corrected chi connectivity index (χ0v) is 11.5. The van der Waals surface area contributed by atoms with Gasteiger partial charge in [-0.3, -0.25) is 0 Å². The maximum absolute atomic E-state index is 9.20. The Morgan fingerprint density at radius 1 is 1.40 bits per heavy atom. The number of hydrogen-bond donors (Lipinski definition) is 2. The molecule has 2 N–H and O–H groups in total. The van der Waals surface area contributed by atoms with Crippen LogP contribution in [-0.2, 0) is 0 Å². The minimum absolute atomic E-state index is 0.0823. The third-order valence-electron chi connectivity index (χ3n) is 3.05. The lowest BCUT2D eigenvalue weighted by atomic mass is 9.96. The lowest BCUT2D eigenvalue weighted by molar-refractivity contribution is 0.171. The number of unbranched alkanes of at least 4 members (excludes halogenated alkanes) is 1. The smallest absolute Gasteiger partial charge is 0.0610 e. The number of aliphatic hydroxyl groups is 1. The van der Waals surface area contributed by atoms with Gasteiger partial charge in [0.15, 0.2) is 0 Å². The summed E-state index contributed by atoms with van der Waals surface area (Å²) in [5.74, 6) is 1.25. The Morgan fingerprint density at radius 2 is 2.07 bits per heavy atom. The lowest BCUT2D eigenvalue weighted by Crippen LogP contribution is -2.43. The summed E-state index contributed by atoms with van der Waals surface area (Å²) in [7, 11) is 1.92. The average Bonchev–Trinajstić information content (AvgIpc) is 2.27. The summed E-state index contributed by atoms with van der Waals surface area (Å²) in [6, 6.07) is 0. The summed E-state index contributed by atoms with van der Waals surface area (Å²) in [6.45, 7) is 6.83. The molecule has 3 heteroatoms. The van der Waals surface area contributed by atoms with Crippen molar-refractivity contribution in [3.05, 3.63) is 0 Å². The molecule has 2 nitrogen and oxygen atoms in total. The third-order valence-corrected chi connectivity index (χ3v) is 4.48. The van der Waals surface area contributed by atoms with Crippen LogP contribution in [0, 0.1) is 0 Å². The van der Waals surface area contributed by atoms with Crippen LogP contribution >= 0.6 is 11.8 Å². The summed E-state index contributed by atoms with van der Waals surface area (Å²) in [5.41, 5.74) is -0.0823. The summed E-state index contributed by atoms with van der Waals surface area (Å²) in [6.07, 6.45) is 4.77. The number of aliphatic hydroxyl groups excluding tert-OH is 1. The molecule has 0 radical (unpaired) electrons. The molecule has 2 unspecified atom stereocenters. The predicted octanol–water partition coefficient (Wildman–Crippen LogP) is 2.66. The van der Waals surface area contributed by atoms with Crippen LogP contribution in [0.2, 0.25) is 0 Å². The molecule has 92 valence electrons. The minimum atomic E-state index is -0.0823. The Labute approximate surface area is 99.2 Å². The van der Waals surface area contributed by atoms with Crippen LogP contribution in [0.25, 0.3) is 0 Å². The molecule has 0 saturated carbocycles. The zero-order valence-electron chi connectivity index (χ0n) is 10.7. The fourth-order valence-corrected chi connectivity index (χ4v) is 2.31. The van der Waals surface area contributed by atoms with Crippen molar-refractivity contribution in [1.82, 2.24) is 5.32 Å². The zero-order chi connectivity index (χ0) is 11.7. The van der Waals surface area contributed by atoms with Crippen molar-refractivity contribution in [2.45, 2.75) is 57.2 Å². The fourth-order valence-electron chi connectivity index (χ4n) is 1.30. The highest BCUT2D eigenvalue weighted by Gasteiger charge is 2.19. The number of nitrogens with one attached hydrogen (secondary N) is 1. The highest BCUT2D eigenvalue weighted by Crippen LogP contribution is 2.18. The van der Waals surface area contributed by atoms with E-state index in [1.165, 1.54) is 25.0 Å². The molecule has 0 rings (SSSR count). The first-order chi connectivity index (χ1) is 7.08. The first-order valence-electron chi connectivity index (χ1n) is 5.99. The van der Waals surface area contributed by atoms with Gasteiger partial charge in [0.2, 0.25) is 0 Å². The molecular formula is C12H27NOS. The van der Waals surface area contributed by atoms with Crippen LogP contribution in [0.3, 0.4) is 0 Å². The molecule has 0 aromatic carbocycles. The van der Waals surface area contributed by atoms with Gasteiger partial charge >= 0.3 is 0 Å². The molecule has 0 aromatic rings. The Hall–Kier alpha value is 0.270. The Kier molecular flexibility index (Phi) is 8.58. The molecule has 0 fully saturated rings. The first kappa shape index (κ1) is 15.3. The summed E-state index contributed by atoms with van der Waals surface area (Å²) >= 11 is 2.06. The quantitative estimate of drug-likeness (QED) is 0.601. The molecule has 2 atom stereocenters. The van der Waals surface area contributed by atoms with E-state index in [9.17, 15) is 5.11 Å². The SMILES string of the molecule is CCC(C)SCCCCC(C)(CO)NC. The van der Waals surface area contributed by atoms with Gasteiger partial charge in [0, 0.05) is 10.8 Å². The molecule has 0 saturated heterocycles. The summed E-state index contributed by atoms with van der Waals surface area (Å²) < 4.78 is 0. The molecule has 0 aliphatic heterocycles. The molecule has 0 aliphatic carbocycles. The van der Waals surface area contributed by atoms with Crippen LogP contribution < -0.4 is 5.32 Å². The standard InChI is InChI=1S/C12H27NOS/c1-5-11(2)15-9-7-6-8-12(3,10-14)13-4/h11,13-14H,5-10H2,1-4H3. The molecule has 0 spiro atoms. The lowest BCUT2D eigenvalue weighted by Gasteiger charge is -2.26. The van der Waals surface area contributed by atoms with Crippen molar-refractivity contribution in [3.8, 4) is 0 Å². The van der Waals surface area contributed by atoms with E-state index < -0.39 is 0 Å². The van der Waals surface area contributed by atoms with E-state index in [4.69, 9.17) is 0 Å². The second kappa shape index (κ2) is 8.43. The highest BCUT2D eigenvalue weighted by atomic mass is 32.2.